The van der Waals surface area contributed by atoms with Gasteiger partial charge in [0.1, 0.15) is 11.8 Å². The standard InChI is InChI=1S/C27H22N4O6S/c1-17-15-24(29-37-17)30-38(35,36)20-13-11-19(12-14-20)28-25(32)23(16-18-7-3-2-4-8-18)31-26(33)21-9-5-6-10-22(21)27(31)34/h2-15,23H,16H2,1H3,(H,28,32)(H,29,30). The maximum absolute atomic E-state index is 13.5. The molecule has 1 aliphatic rings. The maximum atomic E-state index is 13.5. The lowest BCUT2D eigenvalue weighted by Gasteiger charge is -2.25. The second-order valence-corrected chi connectivity index (χ2v) is 10.4. The first-order valence-electron chi connectivity index (χ1n) is 11.6. The van der Waals surface area contributed by atoms with Crippen LogP contribution in [0.2, 0.25) is 0 Å². The van der Waals surface area contributed by atoms with Crippen LogP contribution in [0.4, 0.5) is 11.5 Å². The summed E-state index contributed by atoms with van der Waals surface area (Å²) in [7, 11) is -3.94. The Balaban J connectivity index is 1.38. The van der Waals surface area contributed by atoms with Crippen LogP contribution in [0.3, 0.4) is 0 Å². The van der Waals surface area contributed by atoms with E-state index in [2.05, 4.69) is 15.2 Å². The van der Waals surface area contributed by atoms with Gasteiger partial charge in [-0.3, -0.25) is 24.0 Å². The van der Waals surface area contributed by atoms with Crippen LogP contribution in [-0.2, 0) is 21.2 Å². The van der Waals surface area contributed by atoms with E-state index in [1.807, 2.05) is 18.2 Å². The molecule has 3 aromatic carbocycles. The van der Waals surface area contributed by atoms with Crippen molar-refractivity contribution < 1.29 is 27.3 Å². The molecule has 4 aromatic rings. The highest BCUT2D eigenvalue weighted by atomic mass is 32.2. The number of nitrogens with one attached hydrogen (secondary N) is 2. The minimum Gasteiger partial charge on any atom is -0.360 e. The third-order valence-electron chi connectivity index (χ3n) is 6.01. The smallest absolute Gasteiger partial charge is 0.263 e. The molecule has 1 aromatic heterocycles. The fourth-order valence-electron chi connectivity index (χ4n) is 4.18. The summed E-state index contributed by atoms with van der Waals surface area (Å²) in [6.45, 7) is 1.63. The molecule has 0 saturated heterocycles. The van der Waals surface area contributed by atoms with Crippen LogP contribution in [-0.4, -0.2) is 42.2 Å². The highest BCUT2D eigenvalue weighted by Crippen LogP contribution is 2.27. The van der Waals surface area contributed by atoms with Crippen LogP contribution in [0, 0.1) is 6.92 Å². The molecule has 1 atom stereocenters. The van der Waals surface area contributed by atoms with Gasteiger partial charge in [-0.05, 0) is 48.9 Å². The highest BCUT2D eigenvalue weighted by molar-refractivity contribution is 7.92. The summed E-state index contributed by atoms with van der Waals surface area (Å²) in [5.41, 5.74) is 1.54. The Morgan fingerprint density at radius 2 is 1.53 bits per heavy atom. The van der Waals surface area contributed by atoms with Crippen molar-refractivity contribution in [2.24, 2.45) is 0 Å². The predicted molar refractivity (Wildman–Crippen MR) is 138 cm³/mol. The Bertz CT molecular complexity index is 1600. The molecule has 0 spiro atoms. The summed E-state index contributed by atoms with van der Waals surface area (Å²) >= 11 is 0. The van der Waals surface area contributed by atoms with E-state index in [1.165, 1.54) is 30.3 Å². The number of hydrogen-bond donors (Lipinski definition) is 2. The Kier molecular flexibility index (Phi) is 6.52. The van der Waals surface area contributed by atoms with Gasteiger partial charge in [0, 0.05) is 18.2 Å². The van der Waals surface area contributed by atoms with Crippen LogP contribution >= 0.6 is 0 Å². The zero-order valence-corrected chi connectivity index (χ0v) is 20.9. The number of rotatable bonds is 8. The molecule has 11 heteroatoms. The maximum Gasteiger partial charge on any atom is 0.263 e. The van der Waals surface area contributed by atoms with Gasteiger partial charge in [-0.15, -0.1) is 0 Å². The molecule has 1 unspecified atom stereocenters. The zero-order chi connectivity index (χ0) is 26.9. The van der Waals surface area contributed by atoms with E-state index in [0.717, 1.165) is 10.5 Å². The summed E-state index contributed by atoms with van der Waals surface area (Å²) in [4.78, 5) is 40.7. The van der Waals surface area contributed by atoms with Crippen molar-refractivity contribution in [3.8, 4) is 0 Å². The number of aromatic nitrogens is 1. The number of benzene rings is 3. The Labute approximate surface area is 218 Å². The van der Waals surface area contributed by atoms with E-state index in [4.69, 9.17) is 4.52 Å². The first-order valence-corrected chi connectivity index (χ1v) is 13.1. The SMILES string of the molecule is Cc1cc(NS(=O)(=O)c2ccc(NC(=O)C(Cc3ccccc3)N3C(=O)c4ccccc4C3=O)cc2)no1. The zero-order valence-electron chi connectivity index (χ0n) is 20.1. The Hall–Kier alpha value is -4.77. The van der Waals surface area contributed by atoms with Crippen LogP contribution in [0.1, 0.15) is 32.0 Å². The van der Waals surface area contributed by atoms with E-state index in [9.17, 15) is 22.8 Å². The molecule has 10 nitrogen and oxygen atoms in total. The van der Waals surface area contributed by atoms with Gasteiger partial charge in [0.2, 0.25) is 5.91 Å². The highest BCUT2D eigenvalue weighted by Gasteiger charge is 2.42. The summed E-state index contributed by atoms with van der Waals surface area (Å²) in [5.74, 6) is -1.18. The second kappa shape index (κ2) is 9.94. The van der Waals surface area contributed by atoms with E-state index in [-0.39, 0.29) is 28.3 Å². The van der Waals surface area contributed by atoms with Gasteiger partial charge in [-0.1, -0.05) is 47.6 Å². The summed E-state index contributed by atoms with van der Waals surface area (Å²) < 4.78 is 32.5. The fraction of sp³-hybridized carbons (Fsp3) is 0.111. The Morgan fingerprint density at radius 1 is 0.921 bits per heavy atom. The van der Waals surface area contributed by atoms with Gasteiger partial charge in [0.05, 0.1) is 16.0 Å². The molecule has 2 heterocycles. The summed E-state index contributed by atoms with van der Waals surface area (Å²) in [6.07, 6.45) is 0.103. The largest absolute Gasteiger partial charge is 0.360 e. The van der Waals surface area contributed by atoms with Gasteiger partial charge in [-0.2, -0.15) is 0 Å². The van der Waals surface area contributed by atoms with Crippen LogP contribution in [0.15, 0.2) is 94.3 Å². The first-order chi connectivity index (χ1) is 18.2. The van der Waals surface area contributed by atoms with E-state index >= 15 is 0 Å². The number of carbonyl (C=O) groups excluding carboxylic acids is 3. The van der Waals surface area contributed by atoms with Crippen molar-refractivity contribution in [1.82, 2.24) is 10.1 Å². The molecule has 0 bridgehead atoms. The molecular weight excluding hydrogens is 508 g/mol. The van der Waals surface area contributed by atoms with E-state index in [0.29, 0.717) is 11.4 Å². The average molecular weight is 531 g/mol. The van der Waals surface area contributed by atoms with Crippen molar-refractivity contribution in [1.29, 1.82) is 0 Å². The molecule has 0 radical (unpaired) electrons. The predicted octanol–water partition coefficient (Wildman–Crippen LogP) is 3.63. The van der Waals surface area contributed by atoms with Crippen molar-refractivity contribution in [2.75, 3.05) is 10.0 Å². The van der Waals surface area contributed by atoms with Gasteiger partial charge in [0.15, 0.2) is 5.82 Å². The lowest BCUT2D eigenvalue weighted by molar-refractivity contribution is -0.119. The molecule has 1 aliphatic heterocycles. The van der Waals surface area contributed by atoms with Crippen molar-refractivity contribution >= 4 is 39.3 Å². The number of amides is 3. The molecule has 192 valence electrons. The number of fused-ring (bicyclic) bond motifs is 1. The molecule has 5 rings (SSSR count). The number of imide groups is 1. The van der Waals surface area contributed by atoms with Crippen LogP contribution in [0.5, 0.6) is 0 Å². The topological polar surface area (TPSA) is 139 Å². The molecular formula is C27H22N4O6S. The van der Waals surface area contributed by atoms with Crippen molar-refractivity contribution in [3.05, 3.63) is 107 Å². The molecule has 0 aliphatic carbocycles. The molecule has 2 N–H and O–H groups in total. The van der Waals surface area contributed by atoms with Gasteiger partial charge in [-0.25, -0.2) is 8.42 Å². The number of aryl methyl sites for hydroxylation is 1. The van der Waals surface area contributed by atoms with Gasteiger partial charge < -0.3 is 9.84 Å². The van der Waals surface area contributed by atoms with Crippen LogP contribution < -0.4 is 10.0 Å². The first kappa shape index (κ1) is 24.9. The second-order valence-electron chi connectivity index (χ2n) is 8.67. The minimum absolute atomic E-state index is 0.0459. The van der Waals surface area contributed by atoms with Gasteiger partial charge >= 0.3 is 0 Å². The van der Waals surface area contributed by atoms with Gasteiger partial charge in [0.25, 0.3) is 21.8 Å². The average Bonchev–Trinajstić information content (AvgIpc) is 3.42. The summed E-state index contributed by atoms with van der Waals surface area (Å²) in [5, 5.41) is 6.33. The third-order valence-corrected chi connectivity index (χ3v) is 7.38. The van der Waals surface area contributed by atoms with Crippen molar-refractivity contribution in [2.45, 2.75) is 24.3 Å². The summed E-state index contributed by atoms with van der Waals surface area (Å²) in [6, 6.07) is 21.3. The molecule has 0 fully saturated rings. The van der Waals surface area contributed by atoms with Crippen molar-refractivity contribution in [3.63, 3.8) is 0 Å². The number of carbonyl (C=O) groups is 3. The quantitative estimate of drug-likeness (QED) is 0.332. The third kappa shape index (κ3) is 4.91. The van der Waals surface area contributed by atoms with E-state index in [1.54, 1.807) is 43.3 Å². The number of anilines is 2. The molecule has 0 saturated carbocycles. The fourth-order valence-corrected chi connectivity index (χ4v) is 5.17. The number of hydrogen-bond acceptors (Lipinski definition) is 7. The number of sulfonamides is 1. The van der Waals surface area contributed by atoms with Crippen LogP contribution in [0.25, 0.3) is 0 Å². The Morgan fingerprint density at radius 3 is 2.11 bits per heavy atom. The molecule has 38 heavy (non-hydrogen) atoms. The molecule has 3 amide bonds. The normalized spacial score (nSPS) is 13.8. The minimum atomic E-state index is -3.94. The monoisotopic (exact) mass is 530 g/mol. The number of nitrogens with zero attached hydrogens (tertiary/aromatic N) is 2. The lowest BCUT2D eigenvalue weighted by Crippen LogP contribution is -2.48. The lowest BCUT2D eigenvalue weighted by atomic mass is 10.0. The van der Waals surface area contributed by atoms with E-state index < -0.39 is 33.8 Å².